The maximum atomic E-state index is 5.72. The van der Waals surface area contributed by atoms with Crippen LogP contribution in [0, 0.1) is 5.41 Å². The van der Waals surface area contributed by atoms with Crippen LogP contribution in [0.5, 0.6) is 0 Å². The van der Waals surface area contributed by atoms with Crippen molar-refractivity contribution >= 4 is 5.69 Å². The number of nitrogens with zero attached hydrogens (tertiary/aromatic N) is 1. The molecule has 2 rings (SSSR count). The zero-order chi connectivity index (χ0) is 12.5. The third kappa shape index (κ3) is 2.81. The Bertz CT molecular complexity index is 379. The fourth-order valence-corrected chi connectivity index (χ4v) is 2.75. The monoisotopic (exact) mass is 232 g/mol. The Hall–Kier alpha value is -1.02. The lowest BCUT2D eigenvalue weighted by atomic mass is 9.96. The Balaban J connectivity index is 2.22. The molecular formula is C15H24N2. The molecule has 17 heavy (non-hydrogen) atoms. The molecule has 0 saturated heterocycles. The second-order valence-electron chi connectivity index (χ2n) is 6.27. The van der Waals surface area contributed by atoms with Crippen LogP contribution in [0.2, 0.25) is 0 Å². The van der Waals surface area contributed by atoms with Gasteiger partial charge in [0.25, 0.3) is 0 Å². The van der Waals surface area contributed by atoms with Crippen LogP contribution in [0.3, 0.4) is 0 Å². The van der Waals surface area contributed by atoms with E-state index in [0.29, 0.717) is 11.3 Å². The van der Waals surface area contributed by atoms with E-state index in [-0.39, 0.29) is 0 Å². The number of nitrogens with two attached hydrogens (primary N) is 1. The van der Waals surface area contributed by atoms with Crippen molar-refractivity contribution in [2.45, 2.75) is 33.1 Å². The van der Waals surface area contributed by atoms with Crippen LogP contribution in [0.1, 0.15) is 38.7 Å². The summed E-state index contributed by atoms with van der Waals surface area (Å²) < 4.78 is 0. The van der Waals surface area contributed by atoms with Gasteiger partial charge in [0.1, 0.15) is 0 Å². The van der Waals surface area contributed by atoms with Crippen LogP contribution >= 0.6 is 0 Å². The molecule has 1 aromatic carbocycles. The van der Waals surface area contributed by atoms with Crippen molar-refractivity contribution in [3.8, 4) is 0 Å². The summed E-state index contributed by atoms with van der Waals surface area (Å²) in [7, 11) is 0. The highest BCUT2D eigenvalue weighted by Crippen LogP contribution is 2.38. The molecule has 1 aromatic rings. The van der Waals surface area contributed by atoms with E-state index >= 15 is 0 Å². The van der Waals surface area contributed by atoms with E-state index < -0.39 is 0 Å². The Kier molecular flexibility index (Phi) is 3.43. The van der Waals surface area contributed by atoms with Crippen molar-refractivity contribution in [3.05, 3.63) is 29.8 Å². The van der Waals surface area contributed by atoms with Gasteiger partial charge < -0.3 is 10.6 Å². The Morgan fingerprint density at radius 2 is 2.00 bits per heavy atom. The standard InChI is InChI=1S/C15H24N2/c1-15(2,3)11-17-10-12(8-9-16)13-6-4-5-7-14(13)17/h4-7,12H,8-11,16H2,1-3H3. The van der Waals surface area contributed by atoms with Crippen LogP contribution in [-0.2, 0) is 0 Å². The first-order valence-corrected chi connectivity index (χ1v) is 6.55. The van der Waals surface area contributed by atoms with E-state index in [1.54, 1.807) is 0 Å². The van der Waals surface area contributed by atoms with Crippen LogP contribution in [0.25, 0.3) is 0 Å². The van der Waals surface area contributed by atoms with Gasteiger partial charge in [-0.2, -0.15) is 0 Å². The average Bonchev–Trinajstić information content (AvgIpc) is 2.56. The number of para-hydroxylation sites is 1. The van der Waals surface area contributed by atoms with E-state index in [9.17, 15) is 0 Å². The molecule has 0 spiro atoms. The second-order valence-corrected chi connectivity index (χ2v) is 6.27. The Morgan fingerprint density at radius 1 is 1.29 bits per heavy atom. The molecule has 2 nitrogen and oxygen atoms in total. The van der Waals surface area contributed by atoms with E-state index in [1.165, 1.54) is 11.3 Å². The lowest BCUT2D eigenvalue weighted by Gasteiger charge is -2.28. The lowest BCUT2D eigenvalue weighted by Crippen LogP contribution is -2.32. The first-order chi connectivity index (χ1) is 8.01. The number of fused-ring (bicyclic) bond motifs is 1. The summed E-state index contributed by atoms with van der Waals surface area (Å²) >= 11 is 0. The summed E-state index contributed by atoms with van der Waals surface area (Å²) in [6.07, 6.45) is 1.09. The largest absolute Gasteiger partial charge is 0.370 e. The number of hydrogen-bond acceptors (Lipinski definition) is 2. The van der Waals surface area contributed by atoms with Gasteiger partial charge in [-0.05, 0) is 30.0 Å². The minimum absolute atomic E-state index is 0.338. The molecule has 1 aliphatic heterocycles. The van der Waals surface area contributed by atoms with Gasteiger partial charge in [-0.1, -0.05) is 39.0 Å². The molecular weight excluding hydrogens is 208 g/mol. The van der Waals surface area contributed by atoms with E-state index in [2.05, 4.69) is 49.9 Å². The average molecular weight is 232 g/mol. The van der Waals surface area contributed by atoms with Crippen LogP contribution in [-0.4, -0.2) is 19.6 Å². The number of rotatable bonds is 3. The highest BCUT2D eigenvalue weighted by Gasteiger charge is 2.29. The van der Waals surface area contributed by atoms with E-state index in [4.69, 9.17) is 5.73 Å². The molecule has 0 bridgehead atoms. The molecule has 0 aromatic heterocycles. The van der Waals surface area contributed by atoms with Gasteiger partial charge in [0, 0.05) is 24.7 Å². The predicted octanol–water partition coefficient (Wildman–Crippen LogP) is 2.99. The highest BCUT2D eigenvalue weighted by molar-refractivity contribution is 5.60. The van der Waals surface area contributed by atoms with Gasteiger partial charge in [-0.25, -0.2) is 0 Å². The Labute approximate surface area is 105 Å². The zero-order valence-corrected chi connectivity index (χ0v) is 11.2. The summed E-state index contributed by atoms with van der Waals surface area (Å²) in [4.78, 5) is 2.52. The summed E-state index contributed by atoms with van der Waals surface area (Å²) in [5, 5.41) is 0. The van der Waals surface area contributed by atoms with Crippen LogP contribution in [0.4, 0.5) is 5.69 Å². The minimum Gasteiger partial charge on any atom is -0.370 e. The molecule has 1 heterocycles. The second kappa shape index (κ2) is 4.69. The normalized spacial score (nSPS) is 19.5. The fraction of sp³-hybridized carbons (Fsp3) is 0.600. The van der Waals surface area contributed by atoms with Gasteiger partial charge in [-0.3, -0.25) is 0 Å². The summed E-state index contributed by atoms with van der Waals surface area (Å²) in [5.74, 6) is 0.624. The van der Waals surface area contributed by atoms with Crippen molar-refractivity contribution in [1.82, 2.24) is 0 Å². The molecule has 0 radical (unpaired) electrons. The molecule has 0 fully saturated rings. The third-order valence-electron chi connectivity index (χ3n) is 3.34. The van der Waals surface area contributed by atoms with Gasteiger partial charge in [0.05, 0.1) is 0 Å². The fourth-order valence-electron chi connectivity index (χ4n) is 2.75. The van der Waals surface area contributed by atoms with E-state index in [0.717, 1.165) is 26.1 Å². The summed E-state index contributed by atoms with van der Waals surface area (Å²) in [6.45, 7) is 9.92. The van der Waals surface area contributed by atoms with Crippen molar-refractivity contribution in [3.63, 3.8) is 0 Å². The maximum absolute atomic E-state index is 5.72. The zero-order valence-electron chi connectivity index (χ0n) is 11.2. The molecule has 0 amide bonds. The molecule has 1 atom stereocenters. The predicted molar refractivity (Wildman–Crippen MR) is 74.5 cm³/mol. The quantitative estimate of drug-likeness (QED) is 0.868. The summed E-state index contributed by atoms with van der Waals surface area (Å²) in [6, 6.07) is 8.79. The van der Waals surface area contributed by atoms with Gasteiger partial charge in [0.15, 0.2) is 0 Å². The molecule has 2 heteroatoms. The molecule has 94 valence electrons. The van der Waals surface area contributed by atoms with Crippen molar-refractivity contribution in [2.24, 2.45) is 11.1 Å². The molecule has 1 aliphatic rings. The van der Waals surface area contributed by atoms with E-state index in [1.807, 2.05) is 0 Å². The highest BCUT2D eigenvalue weighted by atomic mass is 15.2. The Morgan fingerprint density at radius 3 is 2.65 bits per heavy atom. The molecule has 1 unspecified atom stereocenters. The number of anilines is 1. The first kappa shape index (κ1) is 12.4. The van der Waals surface area contributed by atoms with Gasteiger partial charge >= 0.3 is 0 Å². The SMILES string of the molecule is CC(C)(C)CN1CC(CCN)c2ccccc21. The number of hydrogen-bond donors (Lipinski definition) is 1. The van der Waals surface area contributed by atoms with Gasteiger partial charge in [0.2, 0.25) is 0 Å². The molecule has 0 saturated carbocycles. The third-order valence-corrected chi connectivity index (χ3v) is 3.34. The smallest absolute Gasteiger partial charge is 0.0402 e. The first-order valence-electron chi connectivity index (χ1n) is 6.55. The number of benzene rings is 1. The minimum atomic E-state index is 0.338. The van der Waals surface area contributed by atoms with Crippen LogP contribution < -0.4 is 10.6 Å². The van der Waals surface area contributed by atoms with Gasteiger partial charge in [-0.15, -0.1) is 0 Å². The maximum Gasteiger partial charge on any atom is 0.0402 e. The van der Waals surface area contributed by atoms with Crippen molar-refractivity contribution in [1.29, 1.82) is 0 Å². The molecule has 2 N–H and O–H groups in total. The lowest BCUT2D eigenvalue weighted by molar-refractivity contribution is 0.409. The van der Waals surface area contributed by atoms with Crippen molar-refractivity contribution < 1.29 is 0 Å². The topological polar surface area (TPSA) is 29.3 Å². The van der Waals surface area contributed by atoms with Crippen LogP contribution in [0.15, 0.2) is 24.3 Å². The molecule has 0 aliphatic carbocycles. The van der Waals surface area contributed by atoms with Crippen molar-refractivity contribution in [2.75, 3.05) is 24.5 Å². The summed E-state index contributed by atoms with van der Waals surface area (Å²) in [5.41, 5.74) is 8.96.